The molecule has 2 aromatic heterocycles. The standard InChI is InChI=1S/C25H24FN5O/c1-17-14-19(4-10-22(17)30-15-18(2)27-16-30)5-11-23-28-24-25(32,12-3-13-31(24)29-23)20-6-8-21(26)9-7-20/h4-11,14-16,32H,3,12-13H2,1-2H3/b11-5+/t25-/m1/s1. The lowest BCUT2D eigenvalue weighted by atomic mass is 9.86. The minimum absolute atomic E-state index is 0.331. The number of hydrogen-bond donors (Lipinski definition) is 1. The van der Waals surface area contributed by atoms with Gasteiger partial charge in [0.1, 0.15) is 11.4 Å². The van der Waals surface area contributed by atoms with Crippen molar-refractivity contribution >= 4 is 12.2 Å². The first-order valence-corrected chi connectivity index (χ1v) is 10.7. The van der Waals surface area contributed by atoms with Gasteiger partial charge < -0.3 is 9.67 Å². The molecule has 2 aromatic carbocycles. The van der Waals surface area contributed by atoms with Gasteiger partial charge in [0.15, 0.2) is 11.6 Å². The summed E-state index contributed by atoms with van der Waals surface area (Å²) in [6.45, 7) is 4.73. The van der Waals surface area contributed by atoms with Crippen molar-refractivity contribution in [2.75, 3.05) is 0 Å². The van der Waals surface area contributed by atoms with Crippen molar-refractivity contribution < 1.29 is 9.50 Å². The van der Waals surface area contributed by atoms with E-state index in [0.29, 0.717) is 30.2 Å². The summed E-state index contributed by atoms with van der Waals surface area (Å²) in [6, 6.07) is 12.2. The minimum Gasteiger partial charge on any atom is -0.377 e. The first-order valence-electron chi connectivity index (χ1n) is 10.7. The third-order valence-electron chi connectivity index (χ3n) is 5.92. The van der Waals surface area contributed by atoms with Crippen LogP contribution in [0.3, 0.4) is 0 Å². The van der Waals surface area contributed by atoms with Crippen LogP contribution in [-0.2, 0) is 12.1 Å². The Hall–Kier alpha value is -3.58. The van der Waals surface area contributed by atoms with Crippen LogP contribution in [0, 0.1) is 19.7 Å². The number of imidazole rings is 1. The number of fused-ring (bicyclic) bond motifs is 1. The number of rotatable bonds is 4. The van der Waals surface area contributed by atoms with E-state index in [1.165, 1.54) is 12.1 Å². The summed E-state index contributed by atoms with van der Waals surface area (Å²) < 4.78 is 17.1. The van der Waals surface area contributed by atoms with Crippen LogP contribution in [0.4, 0.5) is 4.39 Å². The molecule has 162 valence electrons. The SMILES string of the molecule is Cc1cn(-c2ccc(/C=C/c3nc4n(n3)CCC[C@@]4(O)c3ccc(F)cc3)cc2C)cn1. The van der Waals surface area contributed by atoms with E-state index in [9.17, 15) is 9.50 Å². The predicted molar refractivity (Wildman–Crippen MR) is 121 cm³/mol. The second kappa shape index (κ2) is 7.84. The molecule has 0 aliphatic carbocycles. The van der Waals surface area contributed by atoms with E-state index in [1.54, 1.807) is 16.8 Å². The summed E-state index contributed by atoms with van der Waals surface area (Å²) in [4.78, 5) is 8.91. The monoisotopic (exact) mass is 429 g/mol. The molecule has 32 heavy (non-hydrogen) atoms. The number of aromatic nitrogens is 5. The molecule has 1 aliphatic rings. The Morgan fingerprint density at radius 2 is 1.91 bits per heavy atom. The Balaban J connectivity index is 1.42. The molecule has 7 heteroatoms. The second-order valence-electron chi connectivity index (χ2n) is 8.29. The molecule has 0 spiro atoms. The maximum Gasteiger partial charge on any atom is 0.174 e. The average Bonchev–Trinajstić information content (AvgIpc) is 3.40. The van der Waals surface area contributed by atoms with Gasteiger partial charge in [0.25, 0.3) is 0 Å². The molecule has 6 nitrogen and oxygen atoms in total. The zero-order valence-electron chi connectivity index (χ0n) is 18.0. The molecule has 1 N–H and O–H groups in total. The largest absolute Gasteiger partial charge is 0.377 e. The summed E-state index contributed by atoms with van der Waals surface area (Å²) in [5, 5.41) is 16.0. The summed E-state index contributed by atoms with van der Waals surface area (Å²) in [6.07, 6.45) is 8.92. The summed E-state index contributed by atoms with van der Waals surface area (Å²) in [5.74, 6) is 0.703. The zero-order chi connectivity index (χ0) is 22.3. The number of aliphatic hydroxyl groups is 1. The Morgan fingerprint density at radius 1 is 1.09 bits per heavy atom. The van der Waals surface area contributed by atoms with Crippen LogP contribution in [0.1, 0.15) is 46.9 Å². The van der Waals surface area contributed by atoms with Crippen molar-refractivity contribution in [3.8, 4) is 5.69 Å². The van der Waals surface area contributed by atoms with Crippen LogP contribution in [0.15, 0.2) is 55.0 Å². The van der Waals surface area contributed by atoms with Gasteiger partial charge in [-0.3, -0.25) is 0 Å². The molecule has 0 amide bonds. The van der Waals surface area contributed by atoms with Crippen LogP contribution in [0.2, 0.25) is 0 Å². The van der Waals surface area contributed by atoms with Gasteiger partial charge in [0.05, 0.1) is 12.0 Å². The Labute approximate surface area is 185 Å². The molecule has 1 atom stereocenters. The van der Waals surface area contributed by atoms with Crippen molar-refractivity contribution in [2.45, 2.75) is 38.8 Å². The quantitative estimate of drug-likeness (QED) is 0.521. The number of benzene rings is 2. The molecule has 1 aliphatic heterocycles. The van der Waals surface area contributed by atoms with Crippen molar-refractivity contribution in [1.29, 1.82) is 0 Å². The predicted octanol–water partition coefficient (Wildman–Crippen LogP) is 4.42. The molecule has 0 saturated heterocycles. The highest BCUT2D eigenvalue weighted by atomic mass is 19.1. The van der Waals surface area contributed by atoms with E-state index in [4.69, 9.17) is 0 Å². The van der Waals surface area contributed by atoms with E-state index in [-0.39, 0.29) is 5.82 Å². The lowest BCUT2D eigenvalue weighted by molar-refractivity contribution is 0.0394. The molecule has 4 aromatic rings. The molecular weight excluding hydrogens is 405 g/mol. The third kappa shape index (κ3) is 3.65. The molecule has 0 unspecified atom stereocenters. The van der Waals surface area contributed by atoms with Crippen LogP contribution < -0.4 is 0 Å². The lowest BCUT2D eigenvalue weighted by Crippen LogP contribution is -2.35. The van der Waals surface area contributed by atoms with Gasteiger partial charge in [-0.15, -0.1) is 0 Å². The van der Waals surface area contributed by atoms with Gasteiger partial charge in [-0.1, -0.05) is 24.3 Å². The number of nitrogens with zero attached hydrogens (tertiary/aromatic N) is 5. The van der Waals surface area contributed by atoms with Crippen molar-refractivity contribution in [3.05, 3.63) is 94.8 Å². The fraction of sp³-hybridized carbons (Fsp3) is 0.240. The van der Waals surface area contributed by atoms with Gasteiger partial charge in [-0.05, 0) is 73.7 Å². The highest BCUT2D eigenvalue weighted by Gasteiger charge is 2.39. The van der Waals surface area contributed by atoms with E-state index in [1.807, 2.05) is 42.2 Å². The first-order chi connectivity index (χ1) is 15.4. The lowest BCUT2D eigenvalue weighted by Gasteiger charge is -2.31. The average molecular weight is 429 g/mol. The molecular formula is C25H24FN5O. The Bertz CT molecular complexity index is 1300. The first kappa shape index (κ1) is 20.3. The minimum atomic E-state index is -1.27. The molecule has 0 bridgehead atoms. The fourth-order valence-electron chi connectivity index (χ4n) is 4.28. The van der Waals surface area contributed by atoms with E-state index in [2.05, 4.69) is 34.1 Å². The fourth-order valence-corrected chi connectivity index (χ4v) is 4.28. The molecule has 3 heterocycles. The third-order valence-corrected chi connectivity index (χ3v) is 5.92. The van der Waals surface area contributed by atoms with Crippen LogP contribution >= 0.6 is 0 Å². The van der Waals surface area contributed by atoms with Crippen molar-refractivity contribution in [3.63, 3.8) is 0 Å². The van der Waals surface area contributed by atoms with E-state index in [0.717, 1.165) is 28.9 Å². The summed E-state index contributed by atoms with van der Waals surface area (Å²) >= 11 is 0. The van der Waals surface area contributed by atoms with Gasteiger partial charge in [-0.25, -0.2) is 19.0 Å². The summed E-state index contributed by atoms with van der Waals surface area (Å²) in [5.41, 5.74) is 3.58. The normalized spacial score (nSPS) is 18.2. The second-order valence-corrected chi connectivity index (χ2v) is 8.29. The Morgan fingerprint density at radius 3 is 2.62 bits per heavy atom. The smallest absolute Gasteiger partial charge is 0.174 e. The van der Waals surface area contributed by atoms with Gasteiger partial charge in [-0.2, -0.15) is 5.10 Å². The molecule has 0 radical (unpaired) electrons. The maximum atomic E-state index is 13.4. The number of aryl methyl sites for hydroxylation is 3. The number of hydrogen-bond acceptors (Lipinski definition) is 4. The highest BCUT2D eigenvalue weighted by Crippen LogP contribution is 2.36. The van der Waals surface area contributed by atoms with Crippen LogP contribution in [0.25, 0.3) is 17.8 Å². The zero-order valence-corrected chi connectivity index (χ0v) is 18.0. The highest BCUT2D eigenvalue weighted by molar-refractivity contribution is 5.68. The van der Waals surface area contributed by atoms with Crippen molar-refractivity contribution in [1.82, 2.24) is 24.3 Å². The van der Waals surface area contributed by atoms with Gasteiger partial charge >= 0.3 is 0 Å². The molecule has 5 rings (SSSR count). The van der Waals surface area contributed by atoms with Crippen molar-refractivity contribution in [2.24, 2.45) is 0 Å². The molecule has 0 fully saturated rings. The van der Waals surface area contributed by atoms with Gasteiger partial charge in [0, 0.05) is 18.4 Å². The van der Waals surface area contributed by atoms with Crippen LogP contribution in [0.5, 0.6) is 0 Å². The number of halogens is 1. The Kier molecular flexibility index (Phi) is 4.98. The molecule has 0 saturated carbocycles. The topological polar surface area (TPSA) is 68.8 Å². The summed E-state index contributed by atoms with van der Waals surface area (Å²) in [7, 11) is 0. The maximum absolute atomic E-state index is 13.4. The van der Waals surface area contributed by atoms with Crippen LogP contribution in [-0.4, -0.2) is 29.4 Å². The van der Waals surface area contributed by atoms with Gasteiger partial charge in [0.2, 0.25) is 0 Å². The van der Waals surface area contributed by atoms with E-state index >= 15 is 0 Å². The van der Waals surface area contributed by atoms with E-state index < -0.39 is 5.60 Å².